The van der Waals surface area contributed by atoms with E-state index in [0.29, 0.717) is 17.9 Å². The van der Waals surface area contributed by atoms with E-state index in [9.17, 15) is 4.79 Å². The third-order valence-corrected chi connectivity index (χ3v) is 5.89. The van der Waals surface area contributed by atoms with E-state index in [2.05, 4.69) is 17.1 Å². The lowest BCUT2D eigenvalue weighted by molar-refractivity contribution is -0.145. The van der Waals surface area contributed by atoms with Crippen LogP contribution in [0.4, 0.5) is 0 Å². The van der Waals surface area contributed by atoms with E-state index in [0.717, 1.165) is 25.9 Å². The zero-order valence-electron chi connectivity index (χ0n) is 13.0. The van der Waals surface area contributed by atoms with Crippen LogP contribution in [0.1, 0.15) is 64.7 Å². The molecule has 114 valence electrons. The van der Waals surface area contributed by atoms with Gasteiger partial charge in [-0.15, -0.1) is 0 Å². The van der Waals surface area contributed by atoms with Crippen LogP contribution in [0.5, 0.6) is 0 Å². The molecule has 3 aliphatic rings. The van der Waals surface area contributed by atoms with E-state index >= 15 is 0 Å². The van der Waals surface area contributed by atoms with Gasteiger partial charge in [0.15, 0.2) is 0 Å². The van der Waals surface area contributed by atoms with Crippen molar-refractivity contribution in [3.05, 3.63) is 0 Å². The lowest BCUT2D eigenvalue weighted by Gasteiger charge is -2.42. The molecule has 0 radical (unpaired) electrons. The molecule has 0 aromatic carbocycles. The highest BCUT2D eigenvalue weighted by Crippen LogP contribution is 2.38. The summed E-state index contributed by atoms with van der Waals surface area (Å²) in [5, 5.41) is 3.64. The van der Waals surface area contributed by atoms with Gasteiger partial charge in [-0.1, -0.05) is 26.2 Å². The van der Waals surface area contributed by atoms with Crippen molar-refractivity contribution in [1.82, 2.24) is 10.2 Å². The van der Waals surface area contributed by atoms with Gasteiger partial charge in [0.2, 0.25) is 5.91 Å². The van der Waals surface area contributed by atoms with Crippen LogP contribution in [0.3, 0.4) is 0 Å². The van der Waals surface area contributed by atoms with Crippen molar-refractivity contribution in [2.24, 2.45) is 11.3 Å². The Bertz CT molecular complexity index is 343. The summed E-state index contributed by atoms with van der Waals surface area (Å²) >= 11 is 0. The third-order valence-electron chi connectivity index (χ3n) is 5.89. The van der Waals surface area contributed by atoms with Gasteiger partial charge in [0.1, 0.15) is 0 Å². The van der Waals surface area contributed by atoms with E-state index in [1.165, 1.54) is 51.5 Å². The molecule has 1 N–H and O–H groups in total. The van der Waals surface area contributed by atoms with Crippen LogP contribution < -0.4 is 5.32 Å². The zero-order chi connectivity index (χ0) is 14.0. The number of carbonyl (C=O) groups is 1. The number of likely N-dealkylation sites (tertiary alicyclic amines) is 1. The Balaban J connectivity index is 1.62. The summed E-state index contributed by atoms with van der Waals surface area (Å²) in [5.74, 6) is 1.15. The molecule has 2 atom stereocenters. The van der Waals surface area contributed by atoms with Crippen LogP contribution in [-0.2, 0) is 4.79 Å². The number of nitrogens with one attached hydrogen (secondary N) is 1. The van der Waals surface area contributed by atoms with Crippen molar-refractivity contribution in [2.75, 3.05) is 19.6 Å². The van der Waals surface area contributed by atoms with Gasteiger partial charge in [-0.05, 0) is 51.0 Å². The van der Waals surface area contributed by atoms with E-state index in [1.807, 2.05) is 0 Å². The second kappa shape index (κ2) is 6.05. The summed E-state index contributed by atoms with van der Waals surface area (Å²) in [6.45, 7) is 5.39. The van der Waals surface area contributed by atoms with Crippen molar-refractivity contribution in [1.29, 1.82) is 0 Å². The molecule has 1 saturated carbocycles. The number of hydrogen-bond donors (Lipinski definition) is 1. The number of piperidine rings is 1. The van der Waals surface area contributed by atoms with Gasteiger partial charge in [0.05, 0.1) is 0 Å². The second-order valence-electron chi connectivity index (χ2n) is 7.48. The monoisotopic (exact) mass is 278 g/mol. The van der Waals surface area contributed by atoms with E-state index < -0.39 is 0 Å². The van der Waals surface area contributed by atoms with Crippen LogP contribution in [0, 0.1) is 11.3 Å². The first kappa shape index (κ1) is 14.4. The lowest BCUT2D eigenvalue weighted by Crippen LogP contribution is -2.50. The fourth-order valence-corrected chi connectivity index (χ4v) is 4.56. The maximum atomic E-state index is 12.9. The van der Waals surface area contributed by atoms with Crippen LogP contribution in [0.2, 0.25) is 0 Å². The summed E-state index contributed by atoms with van der Waals surface area (Å²) in [7, 11) is 0. The Hall–Kier alpha value is -0.570. The van der Waals surface area contributed by atoms with Crippen molar-refractivity contribution in [2.45, 2.75) is 70.8 Å². The van der Waals surface area contributed by atoms with E-state index in [4.69, 9.17) is 0 Å². The Morgan fingerprint density at radius 1 is 1.10 bits per heavy atom. The first-order valence-corrected chi connectivity index (χ1v) is 8.72. The molecule has 3 fully saturated rings. The first-order chi connectivity index (χ1) is 9.69. The molecule has 3 rings (SSSR count). The van der Waals surface area contributed by atoms with Crippen molar-refractivity contribution in [3.8, 4) is 0 Å². The largest absolute Gasteiger partial charge is 0.342 e. The molecule has 0 aromatic rings. The minimum atomic E-state index is -0.0523. The van der Waals surface area contributed by atoms with Gasteiger partial charge in [-0.25, -0.2) is 0 Å². The Morgan fingerprint density at radius 3 is 2.60 bits per heavy atom. The average Bonchev–Trinajstić information content (AvgIpc) is 3.02. The molecule has 3 heteroatoms. The SMILES string of the molecule is CC1(C(=O)N2CCCC(C3CCCN3)C2)CCCCC1. The lowest BCUT2D eigenvalue weighted by atomic mass is 9.74. The maximum absolute atomic E-state index is 12.9. The van der Waals surface area contributed by atoms with Gasteiger partial charge in [-0.2, -0.15) is 0 Å². The highest BCUT2D eigenvalue weighted by Gasteiger charge is 2.40. The minimum absolute atomic E-state index is 0.0523. The van der Waals surface area contributed by atoms with Gasteiger partial charge in [-0.3, -0.25) is 4.79 Å². The fraction of sp³-hybridized carbons (Fsp3) is 0.941. The summed E-state index contributed by atoms with van der Waals surface area (Å²) in [6.07, 6.45) is 11.1. The molecule has 0 bridgehead atoms. The highest BCUT2D eigenvalue weighted by atomic mass is 16.2. The number of nitrogens with zero attached hydrogens (tertiary/aromatic N) is 1. The Morgan fingerprint density at radius 2 is 1.90 bits per heavy atom. The number of amides is 1. The van der Waals surface area contributed by atoms with Gasteiger partial charge < -0.3 is 10.2 Å². The van der Waals surface area contributed by atoms with Crippen molar-refractivity contribution in [3.63, 3.8) is 0 Å². The first-order valence-electron chi connectivity index (χ1n) is 8.72. The summed E-state index contributed by atoms with van der Waals surface area (Å²) in [6, 6.07) is 0.671. The minimum Gasteiger partial charge on any atom is -0.342 e. The molecule has 1 aliphatic carbocycles. The van der Waals surface area contributed by atoms with Crippen molar-refractivity contribution >= 4 is 5.91 Å². The fourth-order valence-electron chi connectivity index (χ4n) is 4.56. The molecule has 20 heavy (non-hydrogen) atoms. The summed E-state index contributed by atoms with van der Waals surface area (Å²) < 4.78 is 0. The smallest absolute Gasteiger partial charge is 0.228 e. The number of hydrogen-bond acceptors (Lipinski definition) is 2. The molecule has 2 aliphatic heterocycles. The molecule has 0 spiro atoms. The molecule has 1 amide bonds. The molecular weight excluding hydrogens is 248 g/mol. The molecular formula is C17H30N2O. The van der Waals surface area contributed by atoms with Crippen molar-refractivity contribution < 1.29 is 4.79 Å². The maximum Gasteiger partial charge on any atom is 0.228 e. The van der Waals surface area contributed by atoms with Gasteiger partial charge in [0, 0.05) is 24.5 Å². The zero-order valence-corrected chi connectivity index (χ0v) is 13.0. The second-order valence-corrected chi connectivity index (χ2v) is 7.48. The number of rotatable bonds is 2. The Labute approximate surface area is 123 Å². The topological polar surface area (TPSA) is 32.3 Å². The Kier molecular flexibility index (Phi) is 4.34. The van der Waals surface area contributed by atoms with Gasteiger partial charge >= 0.3 is 0 Å². The third kappa shape index (κ3) is 2.88. The predicted octanol–water partition coefficient (Wildman–Crippen LogP) is 2.95. The summed E-state index contributed by atoms with van der Waals surface area (Å²) in [4.78, 5) is 15.1. The van der Waals surface area contributed by atoms with Crippen LogP contribution >= 0.6 is 0 Å². The van der Waals surface area contributed by atoms with E-state index in [1.54, 1.807) is 0 Å². The molecule has 2 saturated heterocycles. The van der Waals surface area contributed by atoms with E-state index in [-0.39, 0.29) is 5.41 Å². The van der Waals surface area contributed by atoms with Gasteiger partial charge in [0.25, 0.3) is 0 Å². The highest BCUT2D eigenvalue weighted by molar-refractivity contribution is 5.82. The molecule has 0 aromatic heterocycles. The molecule has 2 heterocycles. The van der Waals surface area contributed by atoms with Crippen LogP contribution in [0.25, 0.3) is 0 Å². The predicted molar refractivity (Wildman–Crippen MR) is 81.5 cm³/mol. The molecule has 2 unspecified atom stereocenters. The quantitative estimate of drug-likeness (QED) is 0.842. The van der Waals surface area contributed by atoms with Crippen LogP contribution in [0.15, 0.2) is 0 Å². The average molecular weight is 278 g/mol. The normalized spacial score (nSPS) is 34.1. The standard InChI is InChI=1S/C17H30N2O/c1-17(9-3-2-4-10-17)16(20)19-12-6-7-14(13-19)15-8-5-11-18-15/h14-15,18H,2-13H2,1H3. The molecule has 3 nitrogen and oxygen atoms in total. The number of carbonyl (C=O) groups excluding carboxylic acids is 1. The summed E-state index contributed by atoms with van der Waals surface area (Å²) in [5.41, 5.74) is -0.0523. The van der Waals surface area contributed by atoms with Crippen LogP contribution in [-0.4, -0.2) is 36.5 Å².